The van der Waals surface area contributed by atoms with E-state index in [1.54, 1.807) is 45.9 Å². The molecule has 1 aromatic carbocycles. The Morgan fingerprint density at radius 2 is 1.79 bits per heavy atom. The van der Waals surface area contributed by atoms with Crippen LogP contribution in [0.15, 0.2) is 18.2 Å². The number of ether oxygens (including phenoxy) is 1. The highest BCUT2D eigenvalue weighted by Gasteiger charge is 2.40. The van der Waals surface area contributed by atoms with Crippen molar-refractivity contribution in [3.8, 4) is 5.75 Å². The highest BCUT2D eigenvalue weighted by Crippen LogP contribution is 2.26. The van der Waals surface area contributed by atoms with Crippen molar-refractivity contribution in [2.45, 2.75) is 38.9 Å². The molecule has 0 unspecified atom stereocenters. The third-order valence-electron chi connectivity index (χ3n) is 3.35. The standard InChI is InChI=1S/C13H20BClO4/c1-12(2,16)13(3,4)19-14(17)10-8-9(18-5)6-7-11(10)15/h6-8,16-17H,1-5H3. The van der Waals surface area contributed by atoms with Crippen LogP contribution in [0, 0.1) is 0 Å². The van der Waals surface area contributed by atoms with Gasteiger partial charge in [-0.1, -0.05) is 11.6 Å². The summed E-state index contributed by atoms with van der Waals surface area (Å²) >= 11 is 6.03. The van der Waals surface area contributed by atoms with Crippen LogP contribution in [0.3, 0.4) is 0 Å². The molecular formula is C13H20BClO4. The van der Waals surface area contributed by atoms with Crippen molar-refractivity contribution in [1.29, 1.82) is 0 Å². The number of hydrogen-bond donors (Lipinski definition) is 2. The van der Waals surface area contributed by atoms with Crippen LogP contribution in [0.5, 0.6) is 5.75 Å². The van der Waals surface area contributed by atoms with Crippen LogP contribution in [0.4, 0.5) is 0 Å². The van der Waals surface area contributed by atoms with Gasteiger partial charge in [-0.2, -0.15) is 0 Å². The van der Waals surface area contributed by atoms with Crippen molar-refractivity contribution in [1.82, 2.24) is 0 Å². The molecule has 0 aromatic heterocycles. The second-order valence-corrected chi connectivity index (χ2v) is 5.83. The molecule has 106 valence electrons. The molecule has 2 N–H and O–H groups in total. The van der Waals surface area contributed by atoms with E-state index in [2.05, 4.69) is 0 Å². The maximum atomic E-state index is 10.1. The molecule has 4 nitrogen and oxygen atoms in total. The molecular weight excluding hydrogens is 266 g/mol. The largest absolute Gasteiger partial charge is 0.497 e. The summed E-state index contributed by atoms with van der Waals surface area (Å²) < 4.78 is 10.6. The summed E-state index contributed by atoms with van der Waals surface area (Å²) in [6.45, 7) is 6.63. The number of benzene rings is 1. The first-order valence-corrected chi connectivity index (χ1v) is 6.38. The van der Waals surface area contributed by atoms with E-state index in [1.165, 1.54) is 7.11 Å². The lowest BCUT2D eigenvalue weighted by atomic mass is 9.76. The number of halogens is 1. The Morgan fingerprint density at radius 1 is 1.21 bits per heavy atom. The van der Waals surface area contributed by atoms with Crippen molar-refractivity contribution in [2.24, 2.45) is 0 Å². The lowest BCUT2D eigenvalue weighted by Crippen LogP contribution is -2.53. The van der Waals surface area contributed by atoms with Gasteiger partial charge >= 0.3 is 7.12 Å². The zero-order chi connectivity index (χ0) is 14.8. The monoisotopic (exact) mass is 286 g/mol. The summed E-state index contributed by atoms with van der Waals surface area (Å²) in [6, 6.07) is 4.92. The van der Waals surface area contributed by atoms with Crippen LogP contribution < -0.4 is 10.2 Å². The Bertz CT molecular complexity index is 443. The van der Waals surface area contributed by atoms with Gasteiger partial charge in [-0.15, -0.1) is 0 Å². The SMILES string of the molecule is COc1ccc(Cl)c(B(O)OC(C)(C)C(C)(C)O)c1. The van der Waals surface area contributed by atoms with E-state index < -0.39 is 18.3 Å². The van der Waals surface area contributed by atoms with Crippen LogP contribution in [0.25, 0.3) is 0 Å². The smallest absolute Gasteiger partial charge is 0.493 e. The molecule has 0 heterocycles. The molecule has 0 bridgehead atoms. The molecule has 0 spiro atoms. The number of methoxy groups -OCH3 is 1. The first-order valence-electron chi connectivity index (χ1n) is 6.00. The molecule has 0 atom stereocenters. The maximum Gasteiger partial charge on any atom is 0.493 e. The highest BCUT2D eigenvalue weighted by molar-refractivity contribution is 6.64. The minimum atomic E-state index is -1.25. The summed E-state index contributed by atoms with van der Waals surface area (Å²) in [5.41, 5.74) is -1.66. The summed E-state index contributed by atoms with van der Waals surface area (Å²) in [6.07, 6.45) is 0. The Morgan fingerprint density at radius 3 is 2.26 bits per heavy atom. The average Bonchev–Trinajstić information content (AvgIpc) is 2.27. The predicted molar refractivity (Wildman–Crippen MR) is 77.1 cm³/mol. The Hall–Kier alpha value is -0.745. The van der Waals surface area contributed by atoms with Gasteiger partial charge < -0.3 is 19.5 Å². The third-order valence-corrected chi connectivity index (χ3v) is 3.69. The molecule has 0 aliphatic rings. The van der Waals surface area contributed by atoms with Crippen molar-refractivity contribution < 1.29 is 19.5 Å². The van der Waals surface area contributed by atoms with Gasteiger partial charge in [0.1, 0.15) is 5.75 Å². The molecule has 0 saturated carbocycles. The summed E-state index contributed by atoms with van der Waals surface area (Å²) in [7, 11) is 0.283. The fraction of sp³-hybridized carbons (Fsp3) is 0.538. The topological polar surface area (TPSA) is 58.9 Å². The molecule has 0 aliphatic heterocycles. The normalized spacial score (nSPS) is 12.4. The molecule has 0 fully saturated rings. The molecule has 0 radical (unpaired) electrons. The average molecular weight is 287 g/mol. The van der Waals surface area contributed by atoms with Crippen molar-refractivity contribution in [3.63, 3.8) is 0 Å². The molecule has 0 amide bonds. The van der Waals surface area contributed by atoms with Crippen LogP contribution in [0.2, 0.25) is 5.02 Å². The van der Waals surface area contributed by atoms with E-state index in [9.17, 15) is 10.1 Å². The van der Waals surface area contributed by atoms with Gasteiger partial charge in [-0.3, -0.25) is 0 Å². The van der Waals surface area contributed by atoms with Gasteiger partial charge in [0.05, 0.1) is 18.3 Å². The number of hydrogen-bond acceptors (Lipinski definition) is 4. The van der Waals surface area contributed by atoms with Crippen LogP contribution in [0.1, 0.15) is 27.7 Å². The zero-order valence-corrected chi connectivity index (χ0v) is 12.7. The zero-order valence-electron chi connectivity index (χ0n) is 11.9. The van der Waals surface area contributed by atoms with Crippen LogP contribution in [-0.4, -0.2) is 35.6 Å². The molecule has 6 heteroatoms. The molecule has 0 aliphatic carbocycles. The highest BCUT2D eigenvalue weighted by atomic mass is 35.5. The lowest BCUT2D eigenvalue weighted by Gasteiger charge is -2.38. The van der Waals surface area contributed by atoms with E-state index in [4.69, 9.17) is 21.0 Å². The summed E-state index contributed by atoms with van der Waals surface area (Å²) in [5.74, 6) is 0.572. The first kappa shape index (κ1) is 16.3. The molecule has 1 aromatic rings. The molecule has 0 saturated heterocycles. The van der Waals surface area contributed by atoms with Crippen LogP contribution >= 0.6 is 11.6 Å². The fourth-order valence-electron chi connectivity index (χ4n) is 1.32. The molecule has 1 rings (SSSR count). The fourth-order valence-corrected chi connectivity index (χ4v) is 1.54. The van der Waals surface area contributed by atoms with Crippen molar-refractivity contribution in [3.05, 3.63) is 23.2 Å². The second-order valence-electron chi connectivity index (χ2n) is 5.43. The van der Waals surface area contributed by atoms with Crippen LogP contribution in [-0.2, 0) is 4.65 Å². The lowest BCUT2D eigenvalue weighted by molar-refractivity contribution is -0.0982. The minimum absolute atomic E-state index is 0.375. The summed E-state index contributed by atoms with van der Waals surface area (Å²) in [5, 5.41) is 20.5. The maximum absolute atomic E-state index is 10.1. The van der Waals surface area contributed by atoms with Gasteiger partial charge in [0.15, 0.2) is 0 Å². The Kier molecular flexibility index (Phi) is 4.90. The van der Waals surface area contributed by atoms with E-state index in [-0.39, 0.29) is 0 Å². The Labute approximate surface area is 119 Å². The van der Waals surface area contributed by atoms with Gasteiger partial charge in [0.25, 0.3) is 0 Å². The van der Waals surface area contributed by atoms with E-state index in [0.717, 1.165) is 0 Å². The third kappa shape index (κ3) is 3.86. The van der Waals surface area contributed by atoms with Gasteiger partial charge in [0, 0.05) is 10.5 Å². The predicted octanol–water partition coefficient (Wildman–Crippen LogP) is 1.60. The summed E-state index contributed by atoms with van der Waals surface area (Å²) in [4.78, 5) is 0. The second kappa shape index (κ2) is 5.71. The van der Waals surface area contributed by atoms with Crippen molar-refractivity contribution >= 4 is 24.2 Å². The minimum Gasteiger partial charge on any atom is -0.497 e. The molecule has 19 heavy (non-hydrogen) atoms. The van der Waals surface area contributed by atoms with Gasteiger partial charge in [0.2, 0.25) is 0 Å². The quantitative estimate of drug-likeness (QED) is 0.807. The van der Waals surface area contributed by atoms with E-state index >= 15 is 0 Å². The first-order chi connectivity index (χ1) is 8.58. The van der Waals surface area contributed by atoms with Gasteiger partial charge in [-0.05, 0) is 45.9 Å². The van der Waals surface area contributed by atoms with E-state index in [1.807, 2.05) is 0 Å². The van der Waals surface area contributed by atoms with Crippen molar-refractivity contribution in [2.75, 3.05) is 7.11 Å². The van der Waals surface area contributed by atoms with E-state index in [0.29, 0.717) is 16.2 Å². The number of rotatable bonds is 5. The Balaban J connectivity index is 2.98. The number of aliphatic hydroxyl groups is 1. The van der Waals surface area contributed by atoms with Gasteiger partial charge in [-0.25, -0.2) is 0 Å².